The topological polar surface area (TPSA) is 41.9 Å². The van der Waals surface area contributed by atoms with Gasteiger partial charge in [0.2, 0.25) is 0 Å². The zero-order chi connectivity index (χ0) is 15.4. The van der Waals surface area contributed by atoms with Crippen LogP contribution in [-0.4, -0.2) is 36.9 Å². The van der Waals surface area contributed by atoms with Crippen LogP contribution in [0.3, 0.4) is 0 Å². The summed E-state index contributed by atoms with van der Waals surface area (Å²) in [7, 11) is 1.97. The van der Waals surface area contributed by atoms with E-state index in [0.29, 0.717) is 18.7 Å². The second-order valence-corrected chi connectivity index (χ2v) is 5.22. The molecule has 0 fully saturated rings. The average Bonchev–Trinajstić information content (AvgIpc) is 2.99. The molecule has 0 saturated carbocycles. The van der Waals surface area contributed by atoms with E-state index in [1.54, 1.807) is 12.1 Å². The summed E-state index contributed by atoms with van der Waals surface area (Å²) in [6, 6.07) is 17.2. The Balaban J connectivity index is 1.54. The zero-order valence-corrected chi connectivity index (χ0v) is 12.5. The number of hydrogen-bond donors (Lipinski definition) is 0. The van der Waals surface area contributed by atoms with Gasteiger partial charge in [-0.05, 0) is 17.7 Å². The molecular weight excluding hydrogens is 276 g/mol. The molecule has 0 aliphatic carbocycles. The fourth-order valence-electron chi connectivity index (χ4n) is 2.49. The second-order valence-electron chi connectivity index (χ2n) is 5.22. The van der Waals surface area contributed by atoms with Gasteiger partial charge in [0.25, 0.3) is 0 Å². The van der Waals surface area contributed by atoms with Gasteiger partial charge < -0.3 is 9.64 Å². The molecule has 0 aromatic heterocycles. The smallest absolute Gasteiger partial charge is 0.338 e. The Morgan fingerprint density at radius 1 is 1.14 bits per heavy atom. The van der Waals surface area contributed by atoms with E-state index in [1.165, 1.54) is 11.1 Å². The highest BCUT2D eigenvalue weighted by atomic mass is 16.5. The molecule has 22 heavy (non-hydrogen) atoms. The average molecular weight is 294 g/mol. The molecular formula is C18H18N2O2. The lowest BCUT2D eigenvalue weighted by atomic mass is 10.1. The standard InChI is InChI=1S/C18H18N2O2/c1-20(17-16-10-6-5-9-15(16)13-19-17)11-12-22-18(21)14-7-3-2-4-8-14/h2-10H,11-13H2,1H3. The number of likely N-dealkylation sites (N-methyl/N-ethyl adjacent to an activating group) is 1. The fourth-order valence-corrected chi connectivity index (χ4v) is 2.49. The van der Waals surface area contributed by atoms with E-state index in [-0.39, 0.29) is 5.97 Å². The quantitative estimate of drug-likeness (QED) is 0.814. The highest BCUT2D eigenvalue weighted by Gasteiger charge is 2.18. The SMILES string of the molecule is CN(CCOC(=O)c1ccccc1)C1=NCc2ccccc21. The Bertz CT molecular complexity index is 695. The summed E-state index contributed by atoms with van der Waals surface area (Å²) in [6.45, 7) is 1.68. The van der Waals surface area contributed by atoms with Crippen molar-refractivity contribution in [3.05, 3.63) is 71.3 Å². The zero-order valence-electron chi connectivity index (χ0n) is 12.5. The number of carbonyl (C=O) groups excluding carboxylic acids is 1. The lowest BCUT2D eigenvalue weighted by Crippen LogP contribution is -2.30. The van der Waals surface area contributed by atoms with Crippen molar-refractivity contribution >= 4 is 11.8 Å². The van der Waals surface area contributed by atoms with Crippen LogP contribution in [0.15, 0.2) is 59.6 Å². The van der Waals surface area contributed by atoms with Crippen LogP contribution in [-0.2, 0) is 11.3 Å². The monoisotopic (exact) mass is 294 g/mol. The van der Waals surface area contributed by atoms with Gasteiger partial charge in [-0.2, -0.15) is 0 Å². The largest absolute Gasteiger partial charge is 0.460 e. The number of benzene rings is 2. The van der Waals surface area contributed by atoms with Crippen LogP contribution >= 0.6 is 0 Å². The summed E-state index contributed by atoms with van der Waals surface area (Å²) in [5.41, 5.74) is 2.98. The Labute approximate surface area is 130 Å². The number of ether oxygens (including phenoxy) is 1. The molecule has 0 spiro atoms. The number of nitrogens with zero attached hydrogens (tertiary/aromatic N) is 2. The minimum atomic E-state index is -0.289. The third-order valence-corrected chi connectivity index (χ3v) is 3.69. The van der Waals surface area contributed by atoms with Gasteiger partial charge in [0, 0.05) is 12.6 Å². The van der Waals surface area contributed by atoms with Gasteiger partial charge in [-0.3, -0.25) is 4.99 Å². The predicted octanol–water partition coefficient (Wildman–Crippen LogP) is 2.74. The lowest BCUT2D eigenvalue weighted by Gasteiger charge is -2.19. The third kappa shape index (κ3) is 3.01. The molecule has 112 valence electrons. The molecule has 1 heterocycles. The first-order valence-electron chi connectivity index (χ1n) is 7.32. The Kier molecular flexibility index (Phi) is 4.19. The van der Waals surface area contributed by atoms with E-state index in [4.69, 9.17) is 4.74 Å². The third-order valence-electron chi connectivity index (χ3n) is 3.69. The van der Waals surface area contributed by atoms with Gasteiger partial charge in [0.1, 0.15) is 12.4 Å². The minimum absolute atomic E-state index is 0.289. The Morgan fingerprint density at radius 2 is 1.86 bits per heavy atom. The molecule has 0 N–H and O–H groups in total. The molecule has 1 aliphatic rings. The minimum Gasteiger partial charge on any atom is -0.460 e. The molecule has 0 unspecified atom stereocenters. The number of fused-ring (bicyclic) bond motifs is 1. The van der Waals surface area contributed by atoms with Gasteiger partial charge in [-0.15, -0.1) is 0 Å². The summed E-state index contributed by atoms with van der Waals surface area (Å²) < 4.78 is 5.31. The van der Waals surface area contributed by atoms with Crippen molar-refractivity contribution in [3.8, 4) is 0 Å². The van der Waals surface area contributed by atoms with Crippen molar-refractivity contribution in [1.82, 2.24) is 4.90 Å². The van der Waals surface area contributed by atoms with Gasteiger partial charge in [-0.1, -0.05) is 42.5 Å². The molecule has 0 bridgehead atoms. The first-order chi connectivity index (χ1) is 10.8. The number of amidine groups is 1. The van der Waals surface area contributed by atoms with Gasteiger partial charge >= 0.3 is 5.97 Å². The molecule has 0 amide bonds. The van der Waals surface area contributed by atoms with Crippen LogP contribution in [0.25, 0.3) is 0 Å². The van der Waals surface area contributed by atoms with Gasteiger partial charge in [-0.25, -0.2) is 4.79 Å². The van der Waals surface area contributed by atoms with Gasteiger partial charge in [0.05, 0.1) is 18.7 Å². The van der Waals surface area contributed by atoms with Crippen LogP contribution in [0.2, 0.25) is 0 Å². The van der Waals surface area contributed by atoms with Crippen LogP contribution < -0.4 is 0 Å². The van der Waals surface area contributed by atoms with E-state index in [2.05, 4.69) is 17.1 Å². The van der Waals surface area contributed by atoms with Crippen LogP contribution in [0.1, 0.15) is 21.5 Å². The molecule has 0 radical (unpaired) electrons. The number of hydrogen-bond acceptors (Lipinski definition) is 4. The molecule has 2 aromatic rings. The van der Waals surface area contributed by atoms with E-state index >= 15 is 0 Å². The predicted molar refractivity (Wildman–Crippen MR) is 86.0 cm³/mol. The summed E-state index contributed by atoms with van der Waals surface area (Å²) in [6.07, 6.45) is 0. The van der Waals surface area contributed by atoms with Crippen molar-refractivity contribution in [2.24, 2.45) is 4.99 Å². The van der Waals surface area contributed by atoms with Crippen molar-refractivity contribution < 1.29 is 9.53 Å². The molecule has 0 atom stereocenters. The second kappa shape index (κ2) is 6.43. The first-order valence-corrected chi connectivity index (χ1v) is 7.32. The van der Waals surface area contributed by atoms with Crippen LogP contribution in [0.5, 0.6) is 0 Å². The van der Waals surface area contributed by atoms with E-state index < -0.39 is 0 Å². The molecule has 2 aromatic carbocycles. The first kappa shape index (κ1) is 14.3. The maximum absolute atomic E-state index is 11.9. The molecule has 4 heteroatoms. The normalized spacial score (nSPS) is 12.5. The number of aliphatic imine (C=N–C) groups is 1. The van der Waals surface area contributed by atoms with E-state index in [1.807, 2.05) is 42.3 Å². The van der Waals surface area contributed by atoms with E-state index in [9.17, 15) is 4.79 Å². The van der Waals surface area contributed by atoms with E-state index in [0.717, 1.165) is 12.4 Å². The molecule has 1 aliphatic heterocycles. The number of esters is 1. The van der Waals surface area contributed by atoms with Crippen LogP contribution in [0.4, 0.5) is 0 Å². The maximum Gasteiger partial charge on any atom is 0.338 e. The fraction of sp³-hybridized carbons (Fsp3) is 0.222. The lowest BCUT2D eigenvalue weighted by molar-refractivity contribution is 0.0492. The van der Waals surface area contributed by atoms with Gasteiger partial charge in [0.15, 0.2) is 0 Å². The number of rotatable bonds is 4. The summed E-state index contributed by atoms with van der Waals surface area (Å²) in [4.78, 5) is 18.5. The highest BCUT2D eigenvalue weighted by molar-refractivity contribution is 6.01. The Hall–Kier alpha value is -2.62. The van der Waals surface area contributed by atoms with Crippen LogP contribution in [0, 0.1) is 0 Å². The number of carbonyl (C=O) groups is 1. The Morgan fingerprint density at radius 3 is 2.68 bits per heavy atom. The molecule has 0 saturated heterocycles. The van der Waals surface area contributed by atoms with Crippen molar-refractivity contribution in [3.63, 3.8) is 0 Å². The highest BCUT2D eigenvalue weighted by Crippen LogP contribution is 2.19. The van der Waals surface area contributed by atoms with Crippen molar-refractivity contribution in [2.45, 2.75) is 6.54 Å². The summed E-state index contributed by atoms with van der Waals surface area (Å²) in [5, 5.41) is 0. The summed E-state index contributed by atoms with van der Waals surface area (Å²) >= 11 is 0. The van der Waals surface area contributed by atoms with Crippen molar-refractivity contribution in [2.75, 3.05) is 20.2 Å². The summed E-state index contributed by atoms with van der Waals surface area (Å²) in [5.74, 6) is 0.675. The van der Waals surface area contributed by atoms with Crippen molar-refractivity contribution in [1.29, 1.82) is 0 Å². The molecule has 4 nitrogen and oxygen atoms in total. The maximum atomic E-state index is 11.9. The molecule has 3 rings (SSSR count).